The summed E-state index contributed by atoms with van der Waals surface area (Å²) >= 11 is 0. The first-order chi connectivity index (χ1) is 11.9. The van der Waals surface area contributed by atoms with Crippen molar-refractivity contribution in [3.05, 3.63) is 47.5 Å². The molecule has 0 aliphatic heterocycles. The van der Waals surface area contributed by atoms with Gasteiger partial charge in [0.1, 0.15) is 0 Å². The molecular formula is C14H12N4Na2O6S2. The largest absolute Gasteiger partial charge is 1.00 e. The topological polar surface area (TPSA) is 164 Å². The van der Waals surface area contributed by atoms with E-state index in [2.05, 4.69) is 19.3 Å². The molecule has 0 N–H and O–H groups in total. The number of nitrogens with zero attached hydrogens (tertiary/aromatic N) is 4. The summed E-state index contributed by atoms with van der Waals surface area (Å²) in [5.74, 6) is 0. The monoisotopic (exact) mass is 442 g/mol. The smallest absolute Gasteiger partial charge is 0.728 e. The molecule has 0 unspecified atom stereocenters. The number of hydrogen-bond donors (Lipinski definition) is 0. The molecule has 0 bridgehead atoms. The van der Waals surface area contributed by atoms with Crippen molar-refractivity contribution in [2.45, 2.75) is 13.8 Å². The van der Waals surface area contributed by atoms with Crippen molar-refractivity contribution in [1.82, 2.24) is 0 Å². The zero-order chi connectivity index (χ0) is 19.5. The maximum Gasteiger partial charge on any atom is 1.00 e. The molecule has 0 saturated carbocycles. The summed E-state index contributed by atoms with van der Waals surface area (Å²) in [5, 5.41) is 6.80. The summed E-state index contributed by atoms with van der Waals surface area (Å²) < 4.78 is 68.4. The Morgan fingerprint density at radius 3 is 1.25 bits per heavy atom. The van der Waals surface area contributed by atoms with Gasteiger partial charge < -0.3 is 9.11 Å². The van der Waals surface area contributed by atoms with E-state index in [1.54, 1.807) is 38.1 Å². The van der Waals surface area contributed by atoms with E-state index in [1.807, 2.05) is 0 Å². The molecule has 2 rings (SSSR count). The predicted molar refractivity (Wildman–Crippen MR) is 89.8 cm³/mol. The maximum atomic E-state index is 10.5. The van der Waals surface area contributed by atoms with Crippen LogP contribution in [0.15, 0.2) is 55.7 Å². The van der Waals surface area contributed by atoms with Gasteiger partial charge in [-0.3, -0.25) is 0 Å². The molecule has 0 amide bonds. The Balaban J connectivity index is 0.00000364. The van der Waals surface area contributed by atoms with Crippen LogP contribution in [0.2, 0.25) is 0 Å². The van der Waals surface area contributed by atoms with Gasteiger partial charge in [0.15, 0.2) is 0 Å². The normalized spacial score (nSPS) is 12.0. The summed E-state index contributed by atoms with van der Waals surface area (Å²) in [6, 6.07) is 9.74. The third-order valence-corrected chi connectivity index (χ3v) is 3.79. The number of rotatable bonds is 5. The van der Waals surface area contributed by atoms with Crippen LogP contribution in [0.5, 0.6) is 0 Å². The Kier molecular flexibility index (Phi) is 10.8. The quantitative estimate of drug-likeness (QED) is 0.273. The van der Waals surface area contributed by atoms with Crippen LogP contribution in [-0.2, 0) is 20.6 Å². The molecule has 0 radical (unpaired) electrons. The van der Waals surface area contributed by atoms with E-state index in [0.29, 0.717) is 11.1 Å². The molecule has 10 nitrogen and oxygen atoms in total. The van der Waals surface area contributed by atoms with Gasteiger partial charge >= 0.3 is 59.1 Å². The Morgan fingerprint density at radius 1 is 0.679 bits per heavy atom. The van der Waals surface area contributed by atoms with E-state index in [4.69, 9.17) is 0 Å². The first-order valence-corrected chi connectivity index (χ1v) is 9.67. The second-order valence-electron chi connectivity index (χ2n) is 5.22. The van der Waals surface area contributed by atoms with Crippen molar-refractivity contribution in [3.63, 3.8) is 0 Å². The van der Waals surface area contributed by atoms with Gasteiger partial charge in [-0.1, -0.05) is 21.2 Å². The van der Waals surface area contributed by atoms with E-state index in [9.17, 15) is 25.9 Å². The molecule has 0 aromatic heterocycles. The Morgan fingerprint density at radius 2 is 1.00 bits per heavy atom. The van der Waals surface area contributed by atoms with Gasteiger partial charge in [-0.05, 0) is 60.4 Å². The molecule has 28 heavy (non-hydrogen) atoms. The van der Waals surface area contributed by atoms with Gasteiger partial charge in [0, 0.05) is 0 Å². The van der Waals surface area contributed by atoms with Crippen LogP contribution < -0.4 is 59.1 Å². The number of aryl methyl sites for hydroxylation is 2. The van der Waals surface area contributed by atoms with Crippen molar-refractivity contribution < 1.29 is 85.1 Å². The molecule has 0 aliphatic rings. The SMILES string of the molecule is Cc1cc(-c2ccc(N=NS(=O)(=O)[O-])c(C)c2)ccc1N=NS(=O)(=O)[O-].[Na+].[Na+]. The molecule has 0 saturated heterocycles. The van der Waals surface area contributed by atoms with E-state index >= 15 is 0 Å². The van der Waals surface area contributed by atoms with Crippen molar-refractivity contribution in [3.8, 4) is 11.1 Å². The van der Waals surface area contributed by atoms with E-state index in [1.165, 1.54) is 12.1 Å². The Hall–Kier alpha value is -0.540. The average Bonchev–Trinajstić information content (AvgIpc) is 2.50. The van der Waals surface area contributed by atoms with Crippen LogP contribution in [0, 0.1) is 13.8 Å². The van der Waals surface area contributed by atoms with Gasteiger partial charge in [0.2, 0.25) is 20.6 Å². The van der Waals surface area contributed by atoms with Crippen LogP contribution >= 0.6 is 0 Å². The molecule has 0 aliphatic carbocycles. The van der Waals surface area contributed by atoms with Crippen molar-refractivity contribution in [2.75, 3.05) is 0 Å². The molecule has 0 fully saturated rings. The van der Waals surface area contributed by atoms with E-state index < -0.39 is 20.6 Å². The molecular weight excluding hydrogens is 430 g/mol. The molecule has 14 heteroatoms. The first kappa shape index (κ1) is 27.5. The van der Waals surface area contributed by atoms with Gasteiger partial charge in [-0.25, -0.2) is 16.8 Å². The zero-order valence-corrected chi connectivity index (χ0v) is 21.2. The fraction of sp³-hybridized carbons (Fsp3) is 0.143. The number of benzene rings is 2. The minimum Gasteiger partial charge on any atom is -0.728 e. The van der Waals surface area contributed by atoms with Crippen LogP contribution in [0.1, 0.15) is 11.1 Å². The van der Waals surface area contributed by atoms with E-state index in [-0.39, 0.29) is 70.5 Å². The Bertz CT molecular complexity index is 1030. The minimum absolute atomic E-state index is 0. The van der Waals surface area contributed by atoms with Crippen LogP contribution in [0.4, 0.5) is 11.4 Å². The minimum atomic E-state index is -4.80. The summed E-state index contributed by atoms with van der Waals surface area (Å²) in [6.45, 7) is 3.34. The van der Waals surface area contributed by atoms with Crippen molar-refractivity contribution >= 4 is 32.0 Å². The van der Waals surface area contributed by atoms with Crippen LogP contribution in [-0.4, -0.2) is 25.9 Å². The van der Waals surface area contributed by atoms with Gasteiger partial charge in [-0.15, -0.1) is 10.2 Å². The number of hydrogen-bond acceptors (Lipinski definition) is 8. The zero-order valence-electron chi connectivity index (χ0n) is 15.5. The summed E-state index contributed by atoms with van der Waals surface area (Å²) in [6.07, 6.45) is 0. The third kappa shape index (κ3) is 8.86. The summed E-state index contributed by atoms with van der Waals surface area (Å²) in [7, 11) is -9.61. The fourth-order valence-corrected chi connectivity index (χ4v) is 2.46. The van der Waals surface area contributed by atoms with Crippen LogP contribution in [0.3, 0.4) is 0 Å². The van der Waals surface area contributed by atoms with Gasteiger partial charge in [0.25, 0.3) is 0 Å². The summed E-state index contributed by atoms with van der Waals surface area (Å²) in [4.78, 5) is 0. The first-order valence-electron chi connectivity index (χ1n) is 6.94. The average molecular weight is 442 g/mol. The van der Waals surface area contributed by atoms with Crippen molar-refractivity contribution in [1.29, 1.82) is 0 Å². The molecule has 2 aromatic carbocycles. The van der Waals surface area contributed by atoms with E-state index in [0.717, 1.165) is 11.1 Å². The van der Waals surface area contributed by atoms with Gasteiger partial charge in [0.05, 0.1) is 11.4 Å². The molecule has 0 spiro atoms. The standard InChI is InChI=1S/C14H14N4O6S2.2Na/c1-9-7-11(3-5-13(9)15-17-25(19,20)21)12-4-6-14(10(2)8-12)16-18-26(22,23)24;;/h3-8H,1-2H3,(H,19,20,21)(H,22,23,24);;/q;2*+1/p-2. The molecule has 2 aromatic rings. The van der Waals surface area contributed by atoms with Crippen LogP contribution in [0.25, 0.3) is 11.1 Å². The second kappa shape index (κ2) is 11.0. The molecule has 0 heterocycles. The summed E-state index contributed by atoms with van der Waals surface area (Å²) in [5.41, 5.74) is 3.17. The van der Waals surface area contributed by atoms with Gasteiger partial charge in [-0.2, -0.15) is 0 Å². The maximum absolute atomic E-state index is 10.5. The third-order valence-electron chi connectivity index (χ3n) is 3.22. The predicted octanol–water partition coefficient (Wildman–Crippen LogP) is -2.93. The second-order valence-corrected chi connectivity index (χ2v) is 7.26. The molecule has 0 atom stereocenters. The molecule has 138 valence electrons. The Labute approximate surface area is 206 Å². The van der Waals surface area contributed by atoms with Crippen molar-refractivity contribution in [2.24, 2.45) is 19.3 Å². The fourth-order valence-electron chi connectivity index (χ4n) is 2.08.